The maximum absolute atomic E-state index is 13.1. The summed E-state index contributed by atoms with van der Waals surface area (Å²) in [7, 11) is 0. The number of carbonyl (C=O) groups excluding carboxylic acids is 2. The lowest BCUT2D eigenvalue weighted by molar-refractivity contribution is -0.149. The van der Waals surface area contributed by atoms with Crippen LogP contribution in [0.25, 0.3) is 0 Å². The molecule has 2 heterocycles. The van der Waals surface area contributed by atoms with Gasteiger partial charge in [-0.1, -0.05) is 126 Å². The van der Waals surface area contributed by atoms with Gasteiger partial charge in [-0.05, 0) is 62.4 Å². The maximum atomic E-state index is 13.1. The van der Waals surface area contributed by atoms with E-state index in [4.69, 9.17) is 32.7 Å². The predicted molar refractivity (Wildman–Crippen MR) is 213 cm³/mol. The van der Waals surface area contributed by atoms with E-state index >= 15 is 0 Å². The largest absolute Gasteiger partial charge is 0.494 e. The molecule has 1 fully saturated rings. The highest BCUT2D eigenvalue weighted by molar-refractivity contribution is 6.43. The predicted octanol–water partition coefficient (Wildman–Crippen LogP) is 10.9. The Morgan fingerprint density at radius 1 is 0.784 bits per heavy atom. The van der Waals surface area contributed by atoms with E-state index in [2.05, 4.69) is 23.6 Å². The summed E-state index contributed by atoms with van der Waals surface area (Å²) < 4.78 is 11.9. The molecule has 1 atom stereocenters. The van der Waals surface area contributed by atoms with Gasteiger partial charge in [-0.3, -0.25) is 19.4 Å². The fraction of sp³-hybridized carbons (Fsp3) is 0.667. The third-order valence-corrected chi connectivity index (χ3v) is 11.4. The number of esters is 1. The molecule has 0 bridgehead atoms. The van der Waals surface area contributed by atoms with Crippen molar-refractivity contribution >= 4 is 46.5 Å². The van der Waals surface area contributed by atoms with E-state index in [0.29, 0.717) is 29.5 Å². The van der Waals surface area contributed by atoms with Crippen molar-refractivity contribution in [3.05, 3.63) is 52.0 Å². The number of nitrogens with zero attached hydrogens (tertiary/aromatic N) is 3. The normalized spacial score (nSPS) is 15.6. The van der Waals surface area contributed by atoms with Crippen LogP contribution in [0.4, 0.5) is 11.4 Å². The number of aryl methyl sites for hydroxylation is 1. The summed E-state index contributed by atoms with van der Waals surface area (Å²) in [6.07, 6.45) is 20.3. The smallest absolute Gasteiger partial charge is 0.310 e. The van der Waals surface area contributed by atoms with Crippen molar-refractivity contribution < 1.29 is 19.1 Å². The van der Waals surface area contributed by atoms with Gasteiger partial charge in [-0.2, -0.15) is 0 Å². The molecule has 9 heteroatoms. The van der Waals surface area contributed by atoms with E-state index in [1.165, 1.54) is 70.6 Å². The molecular weight excluding hydrogens is 681 g/mol. The highest BCUT2D eigenvalue weighted by Gasteiger charge is 2.27. The van der Waals surface area contributed by atoms with Crippen molar-refractivity contribution in [2.24, 2.45) is 5.92 Å². The second kappa shape index (κ2) is 23.2. The molecule has 0 aliphatic carbocycles. The number of rotatable bonds is 24. The highest BCUT2D eigenvalue weighted by atomic mass is 35.5. The first-order chi connectivity index (χ1) is 24.9. The summed E-state index contributed by atoms with van der Waals surface area (Å²) >= 11 is 12.7. The number of benzene rings is 2. The van der Waals surface area contributed by atoms with Crippen LogP contribution in [-0.2, 0) is 20.7 Å². The summed E-state index contributed by atoms with van der Waals surface area (Å²) in [5, 5.41) is 1.23. The molecule has 1 amide bonds. The molecule has 2 aromatic carbocycles. The van der Waals surface area contributed by atoms with Crippen LogP contribution in [0, 0.1) is 5.92 Å². The van der Waals surface area contributed by atoms with E-state index in [9.17, 15) is 9.59 Å². The summed E-state index contributed by atoms with van der Waals surface area (Å²) in [5.74, 6) is 0.416. The Bertz CT molecular complexity index is 1330. The molecule has 51 heavy (non-hydrogen) atoms. The monoisotopic (exact) mass is 743 g/mol. The Kier molecular flexibility index (Phi) is 18.8. The lowest BCUT2D eigenvalue weighted by Gasteiger charge is -2.36. The zero-order chi connectivity index (χ0) is 36.3. The van der Waals surface area contributed by atoms with Gasteiger partial charge in [-0.15, -0.1) is 0 Å². The van der Waals surface area contributed by atoms with Gasteiger partial charge >= 0.3 is 5.97 Å². The number of amides is 1. The molecule has 1 saturated heterocycles. The first-order valence-electron chi connectivity index (χ1n) is 20.0. The third kappa shape index (κ3) is 13.8. The molecule has 0 spiro atoms. The quantitative estimate of drug-likeness (QED) is 0.0788. The van der Waals surface area contributed by atoms with Gasteiger partial charge in [-0.25, -0.2) is 0 Å². The van der Waals surface area contributed by atoms with Gasteiger partial charge in [0.2, 0.25) is 5.91 Å². The molecule has 2 aromatic rings. The molecule has 0 saturated carbocycles. The second-order valence-corrected chi connectivity index (χ2v) is 15.2. The molecule has 284 valence electrons. The molecule has 1 unspecified atom stereocenters. The number of unbranched alkanes of at least 4 members (excludes halogenated alkanes) is 12. The van der Waals surface area contributed by atoms with Crippen LogP contribution in [0.2, 0.25) is 10.0 Å². The van der Waals surface area contributed by atoms with Crippen LogP contribution in [0.15, 0.2) is 36.4 Å². The van der Waals surface area contributed by atoms with Gasteiger partial charge in [0.05, 0.1) is 33.9 Å². The minimum Gasteiger partial charge on any atom is -0.494 e. The Balaban J connectivity index is 1.11. The summed E-state index contributed by atoms with van der Waals surface area (Å²) in [6, 6.07) is 11.8. The fourth-order valence-electron chi connectivity index (χ4n) is 7.29. The Morgan fingerprint density at radius 2 is 1.47 bits per heavy atom. The average Bonchev–Trinajstić information content (AvgIpc) is 3.14. The van der Waals surface area contributed by atoms with Crippen LogP contribution in [0.1, 0.15) is 129 Å². The van der Waals surface area contributed by atoms with Crippen LogP contribution >= 0.6 is 23.2 Å². The lowest BCUT2D eigenvalue weighted by Crippen LogP contribution is -2.46. The molecule has 2 aliphatic rings. The van der Waals surface area contributed by atoms with Gasteiger partial charge < -0.3 is 14.4 Å². The van der Waals surface area contributed by atoms with Crippen molar-refractivity contribution in [3.8, 4) is 5.75 Å². The van der Waals surface area contributed by atoms with Gasteiger partial charge in [0.15, 0.2) is 6.73 Å². The highest BCUT2D eigenvalue weighted by Crippen LogP contribution is 2.34. The molecule has 7 nitrogen and oxygen atoms in total. The fourth-order valence-corrected chi connectivity index (χ4v) is 7.71. The maximum Gasteiger partial charge on any atom is 0.310 e. The average molecular weight is 745 g/mol. The Labute approximate surface area is 318 Å². The van der Waals surface area contributed by atoms with Crippen molar-refractivity contribution in [1.29, 1.82) is 0 Å². The number of fused-ring (bicyclic) bond motifs is 1. The van der Waals surface area contributed by atoms with E-state index in [1.54, 1.807) is 4.90 Å². The number of halogens is 2. The standard InChI is InChI=1S/C42H63Cl2N3O4/c1-3-5-6-7-8-9-10-11-12-13-14-15-19-34(4-2)42(49)51-33-47-39-32-36(24-22-35(39)23-25-40(47)48)50-31-17-16-26-45-27-29-46(30-28-45)38-21-18-20-37(43)41(38)44/h18,20-22,24,32,34H,3-17,19,23,25-31,33H2,1-2H3. The second-order valence-electron chi connectivity index (χ2n) is 14.4. The van der Waals surface area contributed by atoms with Crippen LogP contribution in [0.3, 0.4) is 0 Å². The zero-order valence-electron chi connectivity index (χ0n) is 31.4. The number of anilines is 2. The Hall–Kier alpha value is -2.48. The first-order valence-corrected chi connectivity index (χ1v) is 20.8. The minimum atomic E-state index is -0.192. The lowest BCUT2D eigenvalue weighted by atomic mass is 9.97. The topological polar surface area (TPSA) is 62.3 Å². The minimum absolute atomic E-state index is 0.0146. The molecule has 2 aliphatic heterocycles. The van der Waals surface area contributed by atoms with Gasteiger partial charge in [0.25, 0.3) is 0 Å². The number of hydrogen-bond donors (Lipinski definition) is 0. The number of hydrogen-bond acceptors (Lipinski definition) is 6. The van der Waals surface area contributed by atoms with Crippen molar-refractivity contribution in [1.82, 2.24) is 4.90 Å². The van der Waals surface area contributed by atoms with Crippen molar-refractivity contribution in [2.45, 2.75) is 129 Å². The van der Waals surface area contributed by atoms with Crippen LogP contribution in [-0.4, -0.2) is 62.8 Å². The van der Waals surface area contributed by atoms with Crippen molar-refractivity contribution in [3.63, 3.8) is 0 Å². The van der Waals surface area contributed by atoms with E-state index in [0.717, 1.165) is 87.5 Å². The SMILES string of the molecule is CCCCCCCCCCCCCCC(CC)C(=O)OCN1C(=O)CCc2ccc(OCCCCN3CCN(c4cccc(Cl)c4Cl)CC3)cc21. The zero-order valence-corrected chi connectivity index (χ0v) is 33.0. The van der Waals surface area contributed by atoms with Crippen molar-refractivity contribution in [2.75, 3.05) is 55.9 Å². The van der Waals surface area contributed by atoms with Crippen LogP contribution < -0.4 is 14.5 Å². The van der Waals surface area contributed by atoms with E-state index in [-0.39, 0.29) is 24.5 Å². The molecule has 4 rings (SSSR count). The molecular formula is C42H63Cl2N3O4. The summed E-state index contributed by atoms with van der Waals surface area (Å²) in [6.45, 7) is 9.74. The Morgan fingerprint density at radius 3 is 2.16 bits per heavy atom. The number of ether oxygens (including phenoxy) is 2. The third-order valence-electron chi connectivity index (χ3n) is 10.6. The number of piperazine rings is 1. The molecule has 0 aromatic heterocycles. The first kappa shape index (κ1) is 41.3. The van der Waals surface area contributed by atoms with E-state index in [1.807, 2.05) is 36.4 Å². The summed E-state index contributed by atoms with van der Waals surface area (Å²) in [5.41, 5.74) is 2.89. The number of carbonyl (C=O) groups is 2. The molecule has 0 N–H and O–H groups in total. The van der Waals surface area contributed by atoms with E-state index < -0.39 is 0 Å². The van der Waals surface area contributed by atoms with Gasteiger partial charge in [0, 0.05) is 38.7 Å². The molecule has 0 radical (unpaired) electrons. The van der Waals surface area contributed by atoms with Crippen LogP contribution in [0.5, 0.6) is 5.75 Å². The van der Waals surface area contributed by atoms with Gasteiger partial charge in [0.1, 0.15) is 5.75 Å². The summed E-state index contributed by atoms with van der Waals surface area (Å²) in [4.78, 5) is 32.4.